The van der Waals surface area contributed by atoms with Crippen LogP contribution >= 0.6 is 0 Å². The first-order valence-electron chi connectivity index (χ1n) is 7.79. The number of amides is 1. The summed E-state index contributed by atoms with van der Waals surface area (Å²) in [5, 5.41) is 35.9. The summed E-state index contributed by atoms with van der Waals surface area (Å²) in [6, 6.07) is -2.34. The lowest BCUT2D eigenvalue weighted by atomic mass is 9.60. The van der Waals surface area contributed by atoms with Gasteiger partial charge >= 0.3 is 0 Å². The van der Waals surface area contributed by atoms with Crippen molar-refractivity contribution in [3.63, 3.8) is 0 Å². The van der Waals surface area contributed by atoms with Gasteiger partial charge in [-0.25, -0.2) is 0 Å². The zero-order valence-electron chi connectivity index (χ0n) is 14.4. The maximum absolute atomic E-state index is 12.9. The Kier molecular flexibility index (Phi) is 3.66. The molecule has 2 heterocycles. The van der Waals surface area contributed by atoms with Crippen molar-refractivity contribution >= 4 is 23.8 Å². The van der Waals surface area contributed by atoms with E-state index in [2.05, 4.69) is 0 Å². The first-order chi connectivity index (χ1) is 10.7. The fourth-order valence-electron chi connectivity index (χ4n) is 5.10. The second-order valence-electron chi connectivity index (χ2n) is 8.13. The molecular formula is C16H21NO7-2. The number of quaternary nitrogens is 1. The lowest BCUT2D eigenvalue weighted by Crippen LogP contribution is -2.85. The SMILES string of the molecule is CC1(C(=O)[O-])C(=O)C(C)(C(=O)[O-])C2CCC1[N+]2(C(=O)[O-])C(C)(C)C. The number of fused-ring (bicyclic) bond motifs is 2. The Morgan fingerprint density at radius 2 is 1.29 bits per heavy atom. The molecule has 0 radical (unpaired) electrons. The summed E-state index contributed by atoms with van der Waals surface area (Å²) in [7, 11) is 0. The highest BCUT2D eigenvalue weighted by atomic mass is 16.4. The van der Waals surface area contributed by atoms with Gasteiger partial charge in [0.05, 0.1) is 17.5 Å². The third-order valence-corrected chi connectivity index (χ3v) is 6.23. The molecule has 1 amide bonds. The van der Waals surface area contributed by atoms with Gasteiger partial charge in [0.1, 0.15) is 22.9 Å². The van der Waals surface area contributed by atoms with E-state index in [1.165, 1.54) is 0 Å². The molecular weight excluding hydrogens is 318 g/mol. The lowest BCUT2D eigenvalue weighted by Gasteiger charge is -2.63. The summed E-state index contributed by atoms with van der Waals surface area (Å²) in [5.74, 6) is -4.63. The van der Waals surface area contributed by atoms with E-state index in [4.69, 9.17) is 0 Å². The van der Waals surface area contributed by atoms with Crippen LogP contribution in [0.25, 0.3) is 0 Å². The van der Waals surface area contributed by atoms with Crippen LogP contribution in [-0.2, 0) is 14.4 Å². The minimum absolute atomic E-state index is 0.0645. The van der Waals surface area contributed by atoms with Crippen molar-refractivity contribution in [2.75, 3.05) is 0 Å². The first kappa shape index (κ1) is 18.4. The quantitative estimate of drug-likeness (QED) is 0.403. The highest BCUT2D eigenvalue weighted by molar-refractivity contribution is 6.14. The van der Waals surface area contributed by atoms with Gasteiger partial charge in [0.15, 0.2) is 5.78 Å². The van der Waals surface area contributed by atoms with Gasteiger partial charge < -0.3 is 29.7 Å². The monoisotopic (exact) mass is 339 g/mol. The summed E-state index contributed by atoms with van der Waals surface area (Å²) >= 11 is 0. The second-order valence-corrected chi connectivity index (χ2v) is 8.13. The third-order valence-electron chi connectivity index (χ3n) is 6.23. The number of hydrogen-bond acceptors (Lipinski definition) is 7. The van der Waals surface area contributed by atoms with E-state index in [0.717, 1.165) is 13.8 Å². The Labute approximate surface area is 139 Å². The van der Waals surface area contributed by atoms with Gasteiger partial charge in [-0.3, -0.25) is 9.28 Å². The van der Waals surface area contributed by atoms with Gasteiger partial charge in [0.2, 0.25) is 0 Å². The first-order valence-corrected chi connectivity index (χ1v) is 7.79. The van der Waals surface area contributed by atoms with E-state index in [1.54, 1.807) is 20.8 Å². The number of carbonyl (C=O) groups excluding carboxylic acids is 4. The highest BCUT2D eigenvalue weighted by Gasteiger charge is 2.76. The van der Waals surface area contributed by atoms with Gasteiger partial charge in [-0.1, -0.05) is 0 Å². The van der Waals surface area contributed by atoms with Crippen LogP contribution < -0.4 is 15.3 Å². The normalized spacial score (nSPS) is 42.0. The molecule has 2 bridgehead atoms. The zero-order chi connectivity index (χ0) is 18.9. The van der Waals surface area contributed by atoms with Gasteiger partial charge in [-0.2, -0.15) is 0 Å². The van der Waals surface area contributed by atoms with Gasteiger partial charge in [-0.15, -0.1) is 0 Å². The van der Waals surface area contributed by atoms with Crippen molar-refractivity contribution in [1.29, 1.82) is 0 Å². The summed E-state index contributed by atoms with van der Waals surface area (Å²) in [5.41, 5.74) is -5.64. The fraction of sp³-hybridized carbons (Fsp3) is 0.750. The summed E-state index contributed by atoms with van der Waals surface area (Å²) in [6.07, 6.45) is -1.47. The summed E-state index contributed by atoms with van der Waals surface area (Å²) in [6.45, 7) is 6.80. The van der Waals surface area contributed by atoms with Crippen LogP contribution in [-0.4, -0.2) is 45.9 Å². The van der Waals surface area contributed by atoms with Crippen molar-refractivity contribution in [2.45, 2.75) is 65.1 Å². The molecule has 2 rings (SSSR count). The molecule has 8 heteroatoms. The number of carboxylic acid groups (broad SMARTS) is 3. The number of carbonyl (C=O) groups is 4. The predicted octanol–water partition coefficient (Wildman–Crippen LogP) is -2.43. The Morgan fingerprint density at radius 1 is 0.958 bits per heavy atom. The van der Waals surface area contributed by atoms with E-state index >= 15 is 0 Å². The molecule has 2 aliphatic heterocycles. The average Bonchev–Trinajstić information content (AvgIpc) is 2.81. The van der Waals surface area contributed by atoms with Crippen LogP contribution in [0.3, 0.4) is 0 Å². The average molecular weight is 339 g/mol. The number of ketones is 1. The molecule has 4 atom stereocenters. The number of Topliss-reactive ketones (excluding diaryl/α,β-unsaturated/α-hetero) is 1. The molecule has 0 saturated carbocycles. The molecule has 0 N–H and O–H groups in total. The van der Waals surface area contributed by atoms with Gasteiger partial charge in [-0.05, 0) is 34.6 Å². The smallest absolute Gasteiger partial charge is 0.258 e. The lowest BCUT2D eigenvalue weighted by molar-refractivity contribution is -0.962. The number of aliphatic carboxylic acids is 2. The number of carboxylic acids is 2. The molecule has 8 nitrogen and oxygen atoms in total. The van der Waals surface area contributed by atoms with E-state index in [0.29, 0.717) is 0 Å². The van der Waals surface area contributed by atoms with Crippen LogP contribution in [0.15, 0.2) is 0 Å². The molecule has 24 heavy (non-hydrogen) atoms. The Morgan fingerprint density at radius 3 is 1.50 bits per heavy atom. The van der Waals surface area contributed by atoms with Crippen molar-refractivity contribution in [3.8, 4) is 0 Å². The number of hydrogen-bond donors (Lipinski definition) is 0. The Balaban J connectivity index is 2.96. The van der Waals surface area contributed by atoms with Gasteiger partial charge in [0.25, 0.3) is 6.09 Å². The molecule has 0 spiro atoms. The topological polar surface area (TPSA) is 137 Å². The summed E-state index contributed by atoms with van der Waals surface area (Å²) in [4.78, 5) is 48.8. The second kappa shape index (κ2) is 4.78. The third kappa shape index (κ3) is 1.67. The molecule has 0 aromatic heterocycles. The Bertz CT molecular complexity index is 611. The molecule has 0 aromatic carbocycles. The maximum atomic E-state index is 12.9. The molecule has 0 aliphatic carbocycles. The van der Waals surface area contributed by atoms with Crippen molar-refractivity contribution < 1.29 is 39.0 Å². The zero-order valence-corrected chi connectivity index (χ0v) is 14.4. The number of rotatable bonds is 2. The molecule has 2 fully saturated rings. The van der Waals surface area contributed by atoms with E-state index in [1.807, 2.05) is 0 Å². The van der Waals surface area contributed by atoms with Gasteiger partial charge in [0, 0.05) is 12.8 Å². The molecule has 0 aromatic rings. The number of nitrogens with zero attached hydrogens (tertiary/aromatic N) is 1. The minimum atomic E-state index is -2.27. The highest BCUT2D eigenvalue weighted by Crippen LogP contribution is 2.59. The van der Waals surface area contributed by atoms with Crippen LogP contribution in [0.4, 0.5) is 4.79 Å². The largest absolute Gasteiger partial charge is 0.549 e. The van der Waals surface area contributed by atoms with E-state index < -0.39 is 56.8 Å². The fourth-order valence-corrected chi connectivity index (χ4v) is 5.10. The van der Waals surface area contributed by atoms with Crippen LogP contribution in [0.5, 0.6) is 0 Å². The van der Waals surface area contributed by atoms with Crippen molar-refractivity contribution in [3.05, 3.63) is 0 Å². The standard InChI is InChI=1S/C16H23NO7/c1-14(2,3)17(13(23)24)8-6-7-9(17)16(5,12(21)22)10(18)15(8,4)11(19)20/h8-9H,6-7H2,1-5H3,(H2-,19,20,21,22,23,24)/p-2. The van der Waals surface area contributed by atoms with Crippen LogP contribution in [0, 0.1) is 10.8 Å². The molecule has 2 saturated heterocycles. The maximum Gasteiger partial charge on any atom is 0.258 e. The minimum Gasteiger partial charge on any atom is -0.549 e. The van der Waals surface area contributed by atoms with Crippen molar-refractivity contribution in [2.24, 2.45) is 10.8 Å². The number of piperidine rings is 1. The molecule has 134 valence electrons. The molecule has 2 aliphatic rings. The summed E-state index contributed by atoms with van der Waals surface area (Å²) < 4.78 is -0.923. The molecule has 4 unspecified atom stereocenters. The van der Waals surface area contributed by atoms with E-state index in [-0.39, 0.29) is 12.8 Å². The van der Waals surface area contributed by atoms with Crippen LogP contribution in [0.2, 0.25) is 0 Å². The van der Waals surface area contributed by atoms with Crippen molar-refractivity contribution in [1.82, 2.24) is 0 Å². The Hall–Kier alpha value is -1.96. The predicted molar refractivity (Wildman–Crippen MR) is 73.5 cm³/mol. The van der Waals surface area contributed by atoms with Crippen LogP contribution in [0.1, 0.15) is 47.5 Å². The van der Waals surface area contributed by atoms with E-state index in [9.17, 15) is 34.5 Å².